The highest BCUT2D eigenvalue weighted by molar-refractivity contribution is 5.76. The van der Waals surface area contributed by atoms with Crippen molar-refractivity contribution in [1.29, 1.82) is 0 Å². The first-order valence-electron chi connectivity index (χ1n) is 14.7. The van der Waals surface area contributed by atoms with Gasteiger partial charge in [-0.25, -0.2) is 0 Å². The van der Waals surface area contributed by atoms with Gasteiger partial charge >= 0.3 is 0 Å². The first-order valence-corrected chi connectivity index (χ1v) is 14.7. The number of anilines is 2. The number of aryl methyl sites for hydroxylation is 1. The summed E-state index contributed by atoms with van der Waals surface area (Å²) in [6, 6.07) is 17.6. The molecule has 9 heteroatoms. The molecule has 1 amide bonds. The predicted molar refractivity (Wildman–Crippen MR) is 167 cm³/mol. The second-order valence-electron chi connectivity index (χ2n) is 12.2. The molecule has 0 saturated carbocycles. The lowest BCUT2D eigenvalue weighted by Gasteiger charge is -2.36. The van der Waals surface area contributed by atoms with Crippen molar-refractivity contribution >= 4 is 17.3 Å². The molecule has 1 aromatic heterocycles. The zero-order valence-corrected chi connectivity index (χ0v) is 24.5. The number of rotatable bonds is 8. The summed E-state index contributed by atoms with van der Waals surface area (Å²) in [7, 11) is 1.76. The van der Waals surface area contributed by atoms with Crippen LogP contribution in [0.4, 0.5) is 11.4 Å². The third-order valence-electron chi connectivity index (χ3n) is 8.21. The van der Waals surface area contributed by atoms with Crippen LogP contribution in [0.3, 0.4) is 0 Å². The SMILES string of the molecule is C.Cn1nnc(-c2ccc(NC3CCN(C(=O)CCCN4CCN(c5ccc(C(C)(C)C)cc5)CC4)CC3)cc2)n1. The lowest BCUT2D eigenvalue weighted by molar-refractivity contribution is -0.132. The van der Waals surface area contributed by atoms with Crippen molar-refractivity contribution in [1.82, 2.24) is 30.0 Å². The molecule has 0 spiro atoms. The molecule has 0 bridgehead atoms. The molecule has 0 radical (unpaired) electrons. The van der Waals surface area contributed by atoms with Gasteiger partial charge in [0.05, 0.1) is 7.05 Å². The van der Waals surface area contributed by atoms with E-state index in [9.17, 15) is 4.79 Å². The molecule has 3 aromatic rings. The number of carbonyl (C=O) groups is 1. The third-order valence-corrected chi connectivity index (χ3v) is 8.21. The Morgan fingerprint density at radius 2 is 1.59 bits per heavy atom. The molecule has 41 heavy (non-hydrogen) atoms. The molecule has 2 aliphatic heterocycles. The number of piperidine rings is 1. The largest absolute Gasteiger partial charge is 0.382 e. The van der Waals surface area contributed by atoms with Gasteiger partial charge < -0.3 is 15.1 Å². The number of aromatic nitrogens is 4. The molecular weight excluding hydrogens is 512 g/mol. The molecule has 2 aliphatic rings. The topological polar surface area (TPSA) is 82.4 Å². The standard InChI is InChI=1S/C31H44N8O.CH4/c1-31(2,3)25-9-13-28(14-10-25)38-22-20-37(21-23-38)17-5-6-29(40)39-18-15-27(16-19-39)32-26-11-7-24(8-12-26)30-33-35-36(4)34-30;/h7-14,27,32H,5-6,15-23H2,1-4H3;1H4. The molecule has 0 aliphatic carbocycles. The zero-order chi connectivity index (χ0) is 28.1. The van der Waals surface area contributed by atoms with Crippen LogP contribution in [0.1, 0.15) is 59.4 Å². The molecule has 2 saturated heterocycles. The van der Waals surface area contributed by atoms with Crippen molar-refractivity contribution in [3.05, 3.63) is 54.1 Å². The smallest absolute Gasteiger partial charge is 0.222 e. The van der Waals surface area contributed by atoms with Gasteiger partial charge in [0.25, 0.3) is 0 Å². The lowest BCUT2D eigenvalue weighted by Crippen LogP contribution is -2.47. The van der Waals surface area contributed by atoms with E-state index in [1.165, 1.54) is 16.0 Å². The molecule has 3 heterocycles. The number of hydrogen-bond donors (Lipinski definition) is 1. The van der Waals surface area contributed by atoms with E-state index in [0.29, 0.717) is 24.2 Å². The molecule has 222 valence electrons. The number of nitrogens with one attached hydrogen (secondary N) is 1. The number of nitrogens with zero attached hydrogens (tertiary/aromatic N) is 7. The number of hydrogen-bond acceptors (Lipinski definition) is 7. The Morgan fingerprint density at radius 3 is 2.17 bits per heavy atom. The zero-order valence-electron chi connectivity index (χ0n) is 24.5. The van der Waals surface area contributed by atoms with Crippen molar-refractivity contribution in [3.63, 3.8) is 0 Å². The van der Waals surface area contributed by atoms with E-state index in [4.69, 9.17) is 0 Å². The van der Waals surface area contributed by atoms with Crippen molar-refractivity contribution in [2.75, 3.05) is 56.0 Å². The molecule has 2 fully saturated rings. The minimum atomic E-state index is 0. The summed E-state index contributed by atoms with van der Waals surface area (Å²) in [6.45, 7) is 13.6. The molecule has 5 rings (SSSR count). The van der Waals surface area contributed by atoms with Gasteiger partial charge in [-0.3, -0.25) is 9.69 Å². The summed E-state index contributed by atoms with van der Waals surface area (Å²) in [5, 5.41) is 15.8. The van der Waals surface area contributed by atoms with Gasteiger partial charge in [-0.1, -0.05) is 40.3 Å². The Kier molecular flexibility index (Phi) is 10.0. The number of amides is 1. The van der Waals surface area contributed by atoms with Crippen LogP contribution in [0.15, 0.2) is 48.5 Å². The Bertz CT molecular complexity index is 1230. The van der Waals surface area contributed by atoms with Gasteiger partial charge in [0.15, 0.2) is 0 Å². The van der Waals surface area contributed by atoms with Crippen LogP contribution < -0.4 is 10.2 Å². The summed E-state index contributed by atoms with van der Waals surface area (Å²) in [5.41, 5.74) is 4.91. The van der Waals surface area contributed by atoms with Gasteiger partial charge in [0.2, 0.25) is 11.7 Å². The normalized spacial score (nSPS) is 16.9. The number of tetrazole rings is 1. The fourth-order valence-corrected chi connectivity index (χ4v) is 5.64. The van der Waals surface area contributed by atoms with Crippen molar-refractivity contribution in [2.45, 2.75) is 65.3 Å². The minimum absolute atomic E-state index is 0. The van der Waals surface area contributed by atoms with Crippen molar-refractivity contribution in [3.8, 4) is 11.4 Å². The van der Waals surface area contributed by atoms with E-state index in [1.54, 1.807) is 7.05 Å². The van der Waals surface area contributed by atoms with Crippen molar-refractivity contribution in [2.24, 2.45) is 7.05 Å². The maximum atomic E-state index is 12.9. The Labute approximate surface area is 245 Å². The maximum Gasteiger partial charge on any atom is 0.222 e. The van der Waals surface area contributed by atoms with Gasteiger partial charge in [0.1, 0.15) is 0 Å². The molecule has 2 aromatic carbocycles. The van der Waals surface area contributed by atoms with Crippen LogP contribution in [0, 0.1) is 0 Å². The van der Waals surface area contributed by atoms with E-state index in [0.717, 1.165) is 76.3 Å². The fraction of sp³-hybridized carbons (Fsp3) is 0.562. The average Bonchev–Trinajstić information content (AvgIpc) is 3.40. The first-order chi connectivity index (χ1) is 19.2. The third kappa shape index (κ3) is 8.06. The molecule has 0 unspecified atom stereocenters. The highest BCUT2D eigenvalue weighted by atomic mass is 16.2. The van der Waals surface area contributed by atoms with Crippen molar-refractivity contribution < 1.29 is 4.79 Å². The molecule has 9 nitrogen and oxygen atoms in total. The minimum Gasteiger partial charge on any atom is -0.382 e. The number of carbonyl (C=O) groups excluding carboxylic acids is 1. The van der Waals surface area contributed by atoms with E-state index in [-0.39, 0.29) is 12.8 Å². The highest BCUT2D eigenvalue weighted by Gasteiger charge is 2.23. The van der Waals surface area contributed by atoms with E-state index in [1.807, 2.05) is 12.1 Å². The average molecular weight is 561 g/mol. The Balaban J connectivity index is 0.00000387. The second kappa shape index (κ2) is 13.5. The summed E-state index contributed by atoms with van der Waals surface area (Å²) in [6.07, 6.45) is 3.52. The number of benzene rings is 2. The first kappa shape index (κ1) is 30.5. The molecular formula is C32H48N8O. The van der Waals surface area contributed by atoms with Crippen LogP contribution in [0.25, 0.3) is 11.4 Å². The highest BCUT2D eigenvalue weighted by Crippen LogP contribution is 2.26. The van der Waals surface area contributed by atoms with E-state index >= 15 is 0 Å². The summed E-state index contributed by atoms with van der Waals surface area (Å²) in [4.78, 5) is 21.4. The van der Waals surface area contributed by atoms with E-state index in [2.05, 4.69) is 92.6 Å². The van der Waals surface area contributed by atoms with Crippen LogP contribution in [-0.2, 0) is 17.3 Å². The van der Waals surface area contributed by atoms with Gasteiger partial charge in [-0.05, 0) is 78.4 Å². The van der Waals surface area contributed by atoms with Gasteiger partial charge in [-0.15, -0.1) is 10.2 Å². The van der Waals surface area contributed by atoms with Crippen LogP contribution in [0.5, 0.6) is 0 Å². The summed E-state index contributed by atoms with van der Waals surface area (Å²) < 4.78 is 0. The molecule has 1 N–H and O–H groups in total. The van der Waals surface area contributed by atoms with Gasteiger partial charge in [0, 0.05) is 68.7 Å². The second-order valence-corrected chi connectivity index (χ2v) is 12.2. The van der Waals surface area contributed by atoms with Crippen LogP contribution in [0.2, 0.25) is 0 Å². The summed E-state index contributed by atoms with van der Waals surface area (Å²) in [5.74, 6) is 0.932. The maximum absolute atomic E-state index is 12.9. The predicted octanol–water partition coefficient (Wildman–Crippen LogP) is 4.82. The van der Waals surface area contributed by atoms with Crippen LogP contribution in [-0.4, -0.2) is 87.8 Å². The number of likely N-dealkylation sites (tertiary alicyclic amines) is 1. The lowest BCUT2D eigenvalue weighted by atomic mass is 9.87. The quantitative estimate of drug-likeness (QED) is 0.423. The summed E-state index contributed by atoms with van der Waals surface area (Å²) >= 11 is 0. The fourth-order valence-electron chi connectivity index (χ4n) is 5.64. The Morgan fingerprint density at radius 1 is 0.927 bits per heavy atom. The number of piperazine rings is 1. The van der Waals surface area contributed by atoms with E-state index < -0.39 is 0 Å². The van der Waals surface area contributed by atoms with Crippen LogP contribution >= 0.6 is 0 Å². The van der Waals surface area contributed by atoms with Gasteiger partial charge in [-0.2, -0.15) is 4.80 Å². The molecule has 0 atom stereocenters. The Hall–Kier alpha value is -3.46. The monoisotopic (exact) mass is 560 g/mol.